The Bertz CT molecular complexity index is 452. The van der Waals surface area contributed by atoms with Crippen molar-refractivity contribution < 1.29 is 9.32 Å². The number of rotatable bonds is 6. The largest absolute Gasteiger partial charge is 0.351 e. The van der Waals surface area contributed by atoms with E-state index >= 15 is 0 Å². The Morgan fingerprint density at radius 1 is 1.52 bits per heavy atom. The van der Waals surface area contributed by atoms with E-state index in [0.29, 0.717) is 17.6 Å². The van der Waals surface area contributed by atoms with Crippen LogP contribution in [0.4, 0.5) is 0 Å². The second-order valence-corrected chi connectivity index (χ2v) is 5.95. The van der Waals surface area contributed by atoms with Gasteiger partial charge < -0.3 is 14.7 Å². The normalized spacial score (nSPS) is 19.2. The Hall–Kier alpha value is -1.36. The van der Waals surface area contributed by atoms with Crippen molar-refractivity contribution in [2.75, 3.05) is 26.7 Å². The van der Waals surface area contributed by atoms with Gasteiger partial charge in [-0.25, -0.2) is 0 Å². The molecule has 1 aliphatic heterocycles. The average molecular weight is 293 g/mol. The highest BCUT2D eigenvalue weighted by Crippen LogP contribution is 2.24. The van der Waals surface area contributed by atoms with Gasteiger partial charge in [-0.2, -0.15) is 0 Å². The van der Waals surface area contributed by atoms with Crippen molar-refractivity contribution in [3.8, 4) is 0 Å². The van der Waals surface area contributed by atoms with Crippen LogP contribution in [0.2, 0.25) is 0 Å². The summed E-state index contributed by atoms with van der Waals surface area (Å²) in [5.74, 6) is 1.30. The lowest BCUT2D eigenvalue weighted by Gasteiger charge is -2.32. The lowest BCUT2D eigenvalue weighted by molar-refractivity contribution is 0.0632. The quantitative estimate of drug-likeness (QED) is 0.876. The molecule has 5 heteroatoms. The maximum atomic E-state index is 12.5. The van der Waals surface area contributed by atoms with E-state index in [1.807, 2.05) is 18.0 Å². The predicted molar refractivity (Wildman–Crippen MR) is 82.4 cm³/mol. The van der Waals surface area contributed by atoms with Gasteiger partial charge >= 0.3 is 0 Å². The molecule has 1 aromatic rings. The minimum absolute atomic E-state index is 0.0134. The first-order valence-corrected chi connectivity index (χ1v) is 8.10. The van der Waals surface area contributed by atoms with E-state index in [1.165, 1.54) is 6.42 Å². The molecule has 1 aliphatic rings. The van der Waals surface area contributed by atoms with Gasteiger partial charge in [0.05, 0.1) is 5.69 Å². The van der Waals surface area contributed by atoms with Crippen LogP contribution in [-0.4, -0.2) is 42.6 Å². The molecule has 2 heterocycles. The van der Waals surface area contributed by atoms with Crippen LogP contribution in [0.15, 0.2) is 10.6 Å². The third-order valence-electron chi connectivity index (χ3n) is 4.44. The molecule has 0 aromatic carbocycles. The van der Waals surface area contributed by atoms with Crippen molar-refractivity contribution in [3.05, 3.63) is 17.5 Å². The van der Waals surface area contributed by atoms with E-state index in [-0.39, 0.29) is 5.91 Å². The highest BCUT2D eigenvalue weighted by Gasteiger charge is 2.27. The number of likely N-dealkylation sites (tertiary alicyclic amines) is 1. The topological polar surface area (TPSA) is 58.4 Å². The Morgan fingerprint density at radius 3 is 2.95 bits per heavy atom. The summed E-state index contributed by atoms with van der Waals surface area (Å²) in [6, 6.07) is 1.84. The van der Waals surface area contributed by atoms with E-state index in [1.54, 1.807) is 0 Å². The lowest BCUT2D eigenvalue weighted by Crippen LogP contribution is -2.42. The lowest BCUT2D eigenvalue weighted by atomic mass is 9.97. The molecule has 5 nitrogen and oxygen atoms in total. The predicted octanol–water partition coefficient (Wildman–Crippen LogP) is 2.65. The number of carbonyl (C=O) groups is 1. The number of piperidine rings is 1. The van der Waals surface area contributed by atoms with Gasteiger partial charge in [-0.1, -0.05) is 19.0 Å². The smallest absolute Gasteiger partial charge is 0.292 e. The van der Waals surface area contributed by atoms with E-state index in [0.717, 1.165) is 44.6 Å². The molecule has 0 spiro atoms. The van der Waals surface area contributed by atoms with Crippen LogP contribution in [-0.2, 0) is 0 Å². The SMILES string of the molecule is CCC(CC)c1cc(C(=O)N2CCCC(CNC)C2)on1. The molecule has 21 heavy (non-hydrogen) atoms. The molecular formula is C16H27N3O2. The molecule has 0 aliphatic carbocycles. The summed E-state index contributed by atoms with van der Waals surface area (Å²) < 4.78 is 5.30. The molecule has 0 bridgehead atoms. The molecule has 1 fully saturated rings. The van der Waals surface area contributed by atoms with Gasteiger partial charge in [-0.05, 0) is 45.2 Å². The molecule has 1 N–H and O–H groups in total. The Morgan fingerprint density at radius 2 is 2.29 bits per heavy atom. The van der Waals surface area contributed by atoms with Crippen molar-refractivity contribution in [3.63, 3.8) is 0 Å². The second kappa shape index (κ2) is 7.59. The summed E-state index contributed by atoms with van der Waals surface area (Å²) in [5, 5.41) is 7.29. The van der Waals surface area contributed by atoms with Crippen LogP contribution in [0.3, 0.4) is 0 Å². The Balaban J connectivity index is 2.02. The number of hydrogen-bond acceptors (Lipinski definition) is 4. The third-order valence-corrected chi connectivity index (χ3v) is 4.44. The van der Waals surface area contributed by atoms with Gasteiger partial charge in [0.2, 0.25) is 5.76 Å². The summed E-state index contributed by atoms with van der Waals surface area (Å²) in [4.78, 5) is 14.4. The minimum Gasteiger partial charge on any atom is -0.351 e. The summed E-state index contributed by atoms with van der Waals surface area (Å²) in [7, 11) is 1.96. The molecule has 1 amide bonds. The molecule has 0 saturated carbocycles. The van der Waals surface area contributed by atoms with E-state index in [4.69, 9.17) is 4.52 Å². The number of aromatic nitrogens is 1. The van der Waals surface area contributed by atoms with Crippen molar-refractivity contribution >= 4 is 5.91 Å². The maximum Gasteiger partial charge on any atom is 0.292 e. The second-order valence-electron chi connectivity index (χ2n) is 5.95. The summed E-state index contributed by atoms with van der Waals surface area (Å²) in [6.45, 7) is 6.86. The molecule has 1 atom stereocenters. The molecule has 2 rings (SSSR count). The van der Waals surface area contributed by atoms with Crippen LogP contribution in [0.1, 0.15) is 61.7 Å². The molecule has 1 aromatic heterocycles. The highest BCUT2D eigenvalue weighted by atomic mass is 16.5. The first-order valence-electron chi connectivity index (χ1n) is 8.10. The number of nitrogens with zero attached hydrogens (tertiary/aromatic N) is 2. The van der Waals surface area contributed by atoms with Gasteiger partial charge in [0.25, 0.3) is 5.91 Å². The standard InChI is InChI=1S/C16H27N3O2/c1-4-13(5-2)14-9-15(21-18-14)16(20)19-8-6-7-12(11-19)10-17-3/h9,12-13,17H,4-8,10-11H2,1-3H3. The fourth-order valence-electron chi connectivity index (χ4n) is 3.15. The molecule has 118 valence electrons. The van der Waals surface area contributed by atoms with Gasteiger partial charge in [-0.15, -0.1) is 0 Å². The van der Waals surface area contributed by atoms with E-state index < -0.39 is 0 Å². The van der Waals surface area contributed by atoms with E-state index in [2.05, 4.69) is 24.3 Å². The van der Waals surface area contributed by atoms with Crippen LogP contribution in [0, 0.1) is 5.92 Å². The van der Waals surface area contributed by atoms with Crippen LogP contribution in [0.5, 0.6) is 0 Å². The fraction of sp³-hybridized carbons (Fsp3) is 0.750. The zero-order valence-electron chi connectivity index (χ0n) is 13.4. The highest BCUT2D eigenvalue weighted by molar-refractivity contribution is 5.91. The van der Waals surface area contributed by atoms with Crippen molar-refractivity contribution in [1.29, 1.82) is 0 Å². The summed E-state index contributed by atoms with van der Waals surface area (Å²) in [6.07, 6.45) is 4.28. The van der Waals surface area contributed by atoms with Crippen LogP contribution in [0.25, 0.3) is 0 Å². The zero-order chi connectivity index (χ0) is 15.2. The summed E-state index contributed by atoms with van der Waals surface area (Å²) >= 11 is 0. The maximum absolute atomic E-state index is 12.5. The van der Waals surface area contributed by atoms with Crippen molar-refractivity contribution in [1.82, 2.24) is 15.4 Å². The van der Waals surface area contributed by atoms with E-state index in [9.17, 15) is 4.79 Å². The van der Waals surface area contributed by atoms with Gasteiger partial charge in [0.15, 0.2) is 0 Å². The Labute approximate surface area is 127 Å². The number of amides is 1. The van der Waals surface area contributed by atoms with Crippen LogP contribution < -0.4 is 5.32 Å². The van der Waals surface area contributed by atoms with Gasteiger partial charge in [0, 0.05) is 25.1 Å². The average Bonchev–Trinajstić information content (AvgIpc) is 2.98. The monoisotopic (exact) mass is 293 g/mol. The molecule has 1 unspecified atom stereocenters. The molecule has 0 radical (unpaired) electrons. The number of hydrogen-bond donors (Lipinski definition) is 1. The third kappa shape index (κ3) is 3.84. The van der Waals surface area contributed by atoms with Crippen molar-refractivity contribution in [2.24, 2.45) is 5.92 Å². The van der Waals surface area contributed by atoms with Crippen molar-refractivity contribution in [2.45, 2.75) is 45.4 Å². The molecular weight excluding hydrogens is 266 g/mol. The first-order chi connectivity index (χ1) is 10.2. The number of carbonyl (C=O) groups excluding carboxylic acids is 1. The zero-order valence-corrected chi connectivity index (χ0v) is 13.4. The van der Waals surface area contributed by atoms with Gasteiger partial charge in [0.1, 0.15) is 0 Å². The summed E-state index contributed by atoms with van der Waals surface area (Å²) in [5.41, 5.74) is 0.909. The first kappa shape index (κ1) is 16.0. The number of nitrogens with one attached hydrogen (secondary N) is 1. The minimum atomic E-state index is -0.0134. The molecule has 1 saturated heterocycles. The van der Waals surface area contributed by atoms with Crippen LogP contribution >= 0.6 is 0 Å². The Kier molecular flexibility index (Phi) is 5.79. The fourth-order valence-corrected chi connectivity index (χ4v) is 3.15. The van der Waals surface area contributed by atoms with Gasteiger partial charge in [-0.3, -0.25) is 4.79 Å².